The van der Waals surface area contributed by atoms with E-state index in [9.17, 15) is 14.7 Å². The van der Waals surface area contributed by atoms with Crippen molar-refractivity contribution < 1.29 is 19.8 Å². The number of benzene rings is 1. The van der Waals surface area contributed by atoms with Crippen LogP contribution in [0.1, 0.15) is 22.8 Å². The van der Waals surface area contributed by atoms with Crippen molar-refractivity contribution in [1.29, 1.82) is 0 Å². The highest BCUT2D eigenvalue weighted by Crippen LogP contribution is 2.20. The van der Waals surface area contributed by atoms with Crippen LogP contribution in [0.5, 0.6) is 0 Å². The van der Waals surface area contributed by atoms with Crippen molar-refractivity contribution in [3.05, 3.63) is 34.9 Å². The predicted molar refractivity (Wildman–Crippen MR) is 71.1 cm³/mol. The van der Waals surface area contributed by atoms with E-state index in [1.807, 2.05) is 0 Å². The van der Waals surface area contributed by atoms with Crippen molar-refractivity contribution in [3.63, 3.8) is 0 Å². The van der Waals surface area contributed by atoms with Crippen LogP contribution in [0.15, 0.2) is 18.2 Å². The highest BCUT2D eigenvalue weighted by Gasteiger charge is 2.17. The number of carboxylic acids is 1. The quantitative estimate of drug-likeness (QED) is 0.780. The molecule has 0 fully saturated rings. The summed E-state index contributed by atoms with van der Waals surface area (Å²) in [6, 6.07) is 4.64. The number of hydrogen-bond donors (Lipinski definition) is 2. The Morgan fingerprint density at radius 1 is 1.33 bits per heavy atom. The van der Waals surface area contributed by atoms with Crippen LogP contribution < -0.4 is 0 Å². The fourth-order valence-corrected chi connectivity index (χ4v) is 1.97. The molecule has 0 saturated heterocycles. The van der Waals surface area contributed by atoms with Crippen molar-refractivity contribution in [1.82, 2.24) is 0 Å². The molecule has 6 heteroatoms. The smallest absolute Gasteiger partial charge is 0.337 e. The van der Waals surface area contributed by atoms with E-state index in [1.54, 1.807) is 6.07 Å². The standard InChI is InChI=1S/C12H12BrClO4/c13-5-10(15)4-9-3-7(11(16)12(17)18)1-2-8(9)6-14/h1-3,11,16H,4-6H2,(H,17,18). The first-order valence-corrected chi connectivity index (χ1v) is 6.81. The highest BCUT2D eigenvalue weighted by molar-refractivity contribution is 9.09. The first-order chi connectivity index (χ1) is 8.49. The molecule has 4 nitrogen and oxygen atoms in total. The van der Waals surface area contributed by atoms with E-state index >= 15 is 0 Å². The molecule has 0 spiro atoms. The molecule has 1 aromatic carbocycles. The number of aliphatic hydroxyl groups excluding tert-OH is 1. The first kappa shape index (κ1) is 15.1. The van der Waals surface area contributed by atoms with Crippen LogP contribution in [0.2, 0.25) is 0 Å². The maximum absolute atomic E-state index is 11.4. The van der Waals surface area contributed by atoms with Gasteiger partial charge in [0, 0.05) is 12.3 Å². The number of carbonyl (C=O) groups excluding carboxylic acids is 1. The van der Waals surface area contributed by atoms with Crippen molar-refractivity contribution >= 4 is 39.3 Å². The summed E-state index contributed by atoms with van der Waals surface area (Å²) in [5.41, 5.74) is 1.65. The van der Waals surface area contributed by atoms with Crippen LogP contribution in [0.4, 0.5) is 0 Å². The summed E-state index contributed by atoms with van der Waals surface area (Å²) >= 11 is 8.81. The minimum atomic E-state index is -1.59. The Labute approximate surface area is 118 Å². The molecule has 1 aromatic rings. The van der Waals surface area contributed by atoms with E-state index in [2.05, 4.69) is 15.9 Å². The summed E-state index contributed by atoms with van der Waals surface area (Å²) in [4.78, 5) is 22.1. The molecule has 0 aromatic heterocycles. The third kappa shape index (κ3) is 3.80. The second-order valence-electron chi connectivity index (χ2n) is 3.75. The molecule has 1 atom stereocenters. The number of hydrogen-bond acceptors (Lipinski definition) is 3. The normalized spacial score (nSPS) is 12.2. The minimum Gasteiger partial charge on any atom is -0.479 e. The Balaban J connectivity index is 3.09. The first-order valence-electron chi connectivity index (χ1n) is 5.15. The third-order valence-electron chi connectivity index (χ3n) is 2.46. The fourth-order valence-electron chi connectivity index (χ4n) is 1.51. The minimum absolute atomic E-state index is 0.0386. The molecule has 0 saturated carbocycles. The summed E-state index contributed by atoms with van der Waals surface area (Å²) in [7, 11) is 0. The lowest BCUT2D eigenvalue weighted by Gasteiger charge is -2.11. The third-order valence-corrected chi connectivity index (χ3v) is 3.37. The zero-order valence-corrected chi connectivity index (χ0v) is 11.7. The van der Waals surface area contributed by atoms with Crippen molar-refractivity contribution in [2.24, 2.45) is 0 Å². The van der Waals surface area contributed by atoms with Gasteiger partial charge in [0.2, 0.25) is 0 Å². The zero-order chi connectivity index (χ0) is 13.7. The fraction of sp³-hybridized carbons (Fsp3) is 0.333. The number of carbonyl (C=O) groups is 2. The second kappa shape index (κ2) is 6.87. The summed E-state index contributed by atoms with van der Waals surface area (Å²) < 4.78 is 0. The van der Waals surface area contributed by atoms with Crippen LogP contribution in [-0.2, 0) is 21.9 Å². The molecule has 0 heterocycles. The number of carboxylic acid groups (broad SMARTS) is 1. The largest absolute Gasteiger partial charge is 0.479 e. The highest BCUT2D eigenvalue weighted by atomic mass is 79.9. The van der Waals surface area contributed by atoms with E-state index in [0.29, 0.717) is 5.56 Å². The molecule has 18 heavy (non-hydrogen) atoms. The Morgan fingerprint density at radius 2 is 2.00 bits per heavy atom. The molecular formula is C12H12BrClO4. The van der Waals surface area contributed by atoms with E-state index in [0.717, 1.165) is 5.56 Å². The Morgan fingerprint density at radius 3 is 2.50 bits per heavy atom. The lowest BCUT2D eigenvalue weighted by atomic mass is 9.98. The summed E-state index contributed by atoms with van der Waals surface area (Å²) in [5.74, 6) is -1.14. The molecule has 0 amide bonds. The van der Waals surface area contributed by atoms with Gasteiger partial charge in [0.15, 0.2) is 6.10 Å². The number of rotatable bonds is 6. The van der Waals surface area contributed by atoms with Crippen LogP contribution in [0, 0.1) is 0 Å². The molecular weight excluding hydrogens is 323 g/mol. The molecule has 1 rings (SSSR count). The SMILES string of the molecule is O=C(CBr)Cc1cc(C(O)C(=O)O)ccc1CCl. The lowest BCUT2D eigenvalue weighted by Crippen LogP contribution is -2.12. The van der Waals surface area contributed by atoms with Gasteiger partial charge in [-0.15, -0.1) is 11.6 Å². The number of alkyl halides is 2. The average Bonchev–Trinajstić information content (AvgIpc) is 2.37. The molecule has 0 bridgehead atoms. The summed E-state index contributed by atoms with van der Waals surface area (Å²) in [5, 5.41) is 18.4. The second-order valence-corrected chi connectivity index (χ2v) is 4.58. The van der Waals surface area contributed by atoms with E-state index in [4.69, 9.17) is 16.7 Å². The van der Waals surface area contributed by atoms with E-state index in [-0.39, 0.29) is 29.0 Å². The molecule has 1 unspecified atom stereocenters. The van der Waals surface area contributed by atoms with Gasteiger partial charge >= 0.3 is 5.97 Å². The maximum atomic E-state index is 11.4. The lowest BCUT2D eigenvalue weighted by molar-refractivity contribution is -0.146. The monoisotopic (exact) mass is 334 g/mol. The van der Waals surface area contributed by atoms with Gasteiger partial charge in [-0.3, -0.25) is 4.79 Å². The Bertz CT molecular complexity index is 461. The van der Waals surface area contributed by atoms with Crippen LogP contribution >= 0.6 is 27.5 Å². The molecule has 2 N–H and O–H groups in total. The molecule has 98 valence electrons. The Kier molecular flexibility index (Phi) is 5.78. The van der Waals surface area contributed by atoms with Gasteiger partial charge in [-0.1, -0.05) is 34.1 Å². The van der Waals surface area contributed by atoms with Gasteiger partial charge in [-0.25, -0.2) is 4.79 Å². The number of aliphatic hydroxyl groups is 1. The maximum Gasteiger partial charge on any atom is 0.337 e. The average molecular weight is 336 g/mol. The molecule has 0 radical (unpaired) electrons. The van der Waals surface area contributed by atoms with Crippen molar-refractivity contribution in [2.75, 3.05) is 5.33 Å². The van der Waals surface area contributed by atoms with E-state index in [1.165, 1.54) is 12.1 Å². The van der Waals surface area contributed by atoms with Crippen molar-refractivity contribution in [3.8, 4) is 0 Å². The molecule has 0 aliphatic rings. The van der Waals surface area contributed by atoms with Crippen LogP contribution in [-0.4, -0.2) is 27.3 Å². The van der Waals surface area contributed by atoms with Crippen molar-refractivity contribution in [2.45, 2.75) is 18.4 Å². The number of Topliss-reactive ketones (excluding diaryl/α,β-unsaturated/α-hetero) is 1. The van der Waals surface area contributed by atoms with Gasteiger partial charge in [0.05, 0.1) is 5.33 Å². The zero-order valence-electron chi connectivity index (χ0n) is 9.40. The number of aliphatic carboxylic acids is 1. The molecule has 0 aliphatic carbocycles. The van der Waals surface area contributed by atoms with E-state index < -0.39 is 12.1 Å². The van der Waals surface area contributed by atoms with Gasteiger partial charge in [0.1, 0.15) is 5.78 Å². The Hall–Kier alpha value is -0.910. The predicted octanol–water partition coefficient (Wildman–Crippen LogP) is 2.05. The van der Waals surface area contributed by atoms with Gasteiger partial charge in [-0.2, -0.15) is 0 Å². The van der Waals surface area contributed by atoms with Gasteiger partial charge in [0.25, 0.3) is 0 Å². The van der Waals surface area contributed by atoms with Crippen LogP contribution in [0.3, 0.4) is 0 Å². The summed E-state index contributed by atoms with van der Waals surface area (Å²) in [6.45, 7) is 0. The summed E-state index contributed by atoms with van der Waals surface area (Å²) in [6.07, 6.45) is -1.43. The number of halogens is 2. The van der Waals surface area contributed by atoms with Gasteiger partial charge < -0.3 is 10.2 Å². The topological polar surface area (TPSA) is 74.6 Å². The van der Waals surface area contributed by atoms with Crippen LogP contribution in [0.25, 0.3) is 0 Å². The van der Waals surface area contributed by atoms with Gasteiger partial charge in [-0.05, 0) is 16.7 Å². The number of ketones is 1. The molecule has 0 aliphatic heterocycles.